The quantitative estimate of drug-likeness (QED) is 0.830. The van der Waals surface area contributed by atoms with E-state index < -0.39 is 0 Å². The highest BCUT2D eigenvalue weighted by molar-refractivity contribution is 6.30. The molecule has 0 fully saturated rings. The summed E-state index contributed by atoms with van der Waals surface area (Å²) >= 11 is 5.88. The van der Waals surface area contributed by atoms with E-state index in [1.54, 1.807) is 0 Å². The van der Waals surface area contributed by atoms with Gasteiger partial charge in [0.25, 0.3) is 0 Å². The van der Waals surface area contributed by atoms with Gasteiger partial charge in [0.05, 0.1) is 12.0 Å². The molecular formula is C14H19ClN2. The molecule has 2 unspecified atom stereocenters. The summed E-state index contributed by atoms with van der Waals surface area (Å²) in [5.41, 5.74) is 1.24. The third-order valence-electron chi connectivity index (χ3n) is 2.74. The van der Waals surface area contributed by atoms with Crippen molar-refractivity contribution in [2.75, 3.05) is 6.54 Å². The number of nitriles is 1. The number of rotatable bonds is 6. The first-order chi connectivity index (χ1) is 8.17. The van der Waals surface area contributed by atoms with Crippen molar-refractivity contribution in [1.82, 2.24) is 5.32 Å². The monoisotopic (exact) mass is 250 g/mol. The standard InChI is InChI=1S/C14H19ClN2/c1-3-4-14(17-10-11(2)9-16)12-5-7-13(15)8-6-12/h5-8,11,14,17H,3-4,10H2,1-2H3. The molecule has 0 aliphatic carbocycles. The van der Waals surface area contributed by atoms with Crippen molar-refractivity contribution >= 4 is 11.6 Å². The highest BCUT2D eigenvalue weighted by atomic mass is 35.5. The summed E-state index contributed by atoms with van der Waals surface area (Å²) in [7, 11) is 0. The number of hydrogen-bond acceptors (Lipinski definition) is 2. The fourth-order valence-electron chi connectivity index (χ4n) is 1.74. The Labute approximate surface area is 109 Å². The van der Waals surface area contributed by atoms with Crippen molar-refractivity contribution in [1.29, 1.82) is 5.26 Å². The molecule has 0 radical (unpaired) electrons. The van der Waals surface area contributed by atoms with Crippen LogP contribution in [0.1, 0.15) is 38.3 Å². The zero-order valence-electron chi connectivity index (χ0n) is 10.4. The molecule has 92 valence electrons. The third-order valence-corrected chi connectivity index (χ3v) is 2.99. The van der Waals surface area contributed by atoms with Gasteiger partial charge in [0.15, 0.2) is 0 Å². The Kier molecular flexibility index (Phi) is 6.04. The molecule has 17 heavy (non-hydrogen) atoms. The second-order valence-electron chi connectivity index (χ2n) is 4.33. The summed E-state index contributed by atoms with van der Waals surface area (Å²) in [5, 5.41) is 13.0. The van der Waals surface area contributed by atoms with Crippen molar-refractivity contribution in [2.45, 2.75) is 32.7 Å². The summed E-state index contributed by atoms with van der Waals surface area (Å²) in [6, 6.07) is 10.5. The fraction of sp³-hybridized carbons (Fsp3) is 0.500. The predicted octanol–water partition coefficient (Wildman–Crippen LogP) is 3.93. The van der Waals surface area contributed by atoms with Gasteiger partial charge in [-0.3, -0.25) is 0 Å². The Morgan fingerprint density at radius 2 is 2.00 bits per heavy atom. The molecule has 1 aromatic carbocycles. The predicted molar refractivity (Wildman–Crippen MR) is 71.9 cm³/mol. The van der Waals surface area contributed by atoms with Crippen LogP contribution >= 0.6 is 11.6 Å². The highest BCUT2D eigenvalue weighted by Crippen LogP contribution is 2.20. The summed E-state index contributed by atoms with van der Waals surface area (Å²) in [6.07, 6.45) is 2.18. The Morgan fingerprint density at radius 1 is 1.35 bits per heavy atom. The van der Waals surface area contributed by atoms with Crippen LogP contribution in [0.5, 0.6) is 0 Å². The number of benzene rings is 1. The SMILES string of the molecule is CCCC(NCC(C)C#N)c1ccc(Cl)cc1. The fourth-order valence-corrected chi connectivity index (χ4v) is 1.86. The van der Waals surface area contributed by atoms with Crippen LogP contribution in [0.4, 0.5) is 0 Å². The van der Waals surface area contributed by atoms with Gasteiger partial charge in [0.2, 0.25) is 0 Å². The Bertz CT molecular complexity index is 367. The summed E-state index contributed by atoms with van der Waals surface area (Å²) in [6.45, 7) is 4.82. The van der Waals surface area contributed by atoms with Gasteiger partial charge >= 0.3 is 0 Å². The molecular weight excluding hydrogens is 232 g/mol. The van der Waals surface area contributed by atoms with Gasteiger partial charge in [0.1, 0.15) is 0 Å². The van der Waals surface area contributed by atoms with Gasteiger partial charge in [0, 0.05) is 17.6 Å². The van der Waals surface area contributed by atoms with Crippen LogP contribution in [0.3, 0.4) is 0 Å². The minimum Gasteiger partial charge on any atom is -0.309 e. The van der Waals surface area contributed by atoms with Crippen LogP contribution in [0.15, 0.2) is 24.3 Å². The second-order valence-corrected chi connectivity index (χ2v) is 4.77. The lowest BCUT2D eigenvalue weighted by atomic mass is 10.0. The van der Waals surface area contributed by atoms with E-state index in [0.717, 1.165) is 24.4 Å². The van der Waals surface area contributed by atoms with E-state index in [9.17, 15) is 0 Å². The van der Waals surface area contributed by atoms with Crippen molar-refractivity contribution < 1.29 is 0 Å². The molecule has 0 heterocycles. The van der Waals surface area contributed by atoms with E-state index in [0.29, 0.717) is 6.04 Å². The highest BCUT2D eigenvalue weighted by Gasteiger charge is 2.11. The molecule has 3 heteroatoms. The number of hydrogen-bond donors (Lipinski definition) is 1. The van der Waals surface area contributed by atoms with Crippen LogP contribution in [-0.2, 0) is 0 Å². The van der Waals surface area contributed by atoms with E-state index in [4.69, 9.17) is 16.9 Å². The number of halogens is 1. The topological polar surface area (TPSA) is 35.8 Å². The largest absolute Gasteiger partial charge is 0.309 e. The molecule has 0 saturated heterocycles. The minimum atomic E-state index is 0.0432. The second kappa shape index (κ2) is 7.32. The molecule has 1 aromatic rings. The number of nitrogens with zero attached hydrogens (tertiary/aromatic N) is 1. The lowest BCUT2D eigenvalue weighted by molar-refractivity contribution is 0.469. The average Bonchev–Trinajstić information content (AvgIpc) is 2.35. The van der Waals surface area contributed by atoms with Gasteiger partial charge in [-0.25, -0.2) is 0 Å². The van der Waals surface area contributed by atoms with E-state index in [2.05, 4.69) is 18.3 Å². The van der Waals surface area contributed by atoms with Gasteiger partial charge in [-0.1, -0.05) is 37.1 Å². The maximum atomic E-state index is 8.78. The summed E-state index contributed by atoms with van der Waals surface area (Å²) in [5.74, 6) is 0.0432. The average molecular weight is 251 g/mol. The molecule has 0 bridgehead atoms. The Hall–Kier alpha value is -1.04. The molecule has 0 aliphatic heterocycles. The first-order valence-electron chi connectivity index (χ1n) is 6.05. The Balaban J connectivity index is 2.65. The number of nitrogens with one attached hydrogen (secondary N) is 1. The molecule has 0 aromatic heterocycles. The molecule has 1 N–H and O–H groups in total. The molecule has 1 rings (SSSR count). The Morgan fingerprint density at radius 3 is 2.53 bits per heavy atom. The van der Waals surface area contributed by atoms with Crippen molar-refractivity contribution in [2.24, 2.45) is 5.92 Å². The maximum Gasteiger partial charge on any atom is 0.0666 e. The third kappa shape index (κ3) is 4.77. The van der Waals surface area contributed by atoms with E-state index in [1.807, 2.05) is 31.2 Å². The van der Waals surface area contributed by atoms with Crippen LogP contribution < -0.4 is 5.32 Å². The van der Waals surface area contributed by atoms with E-state index in [-0.39, 0.29) is 5.92 Å². The maximum absolute atomic E-state index is 8.78. The van der Waals surface area contributed by atoms with Gasteiger partial charge < -0.3 is 5.32 Å². The summed E-state index contributed by atoms with van der Waals surface area (Å²) in [4.78, 5) is 0. The smallest absolute Gasteiger partial charge is 0.0666 e. The molecule has 2 nitrogen and oxygen atoms in total. The lowest BCUT2D eigenvalue weighted by Gasteiger charge is -2.19. The lowest BCUT2D eigenvalue weighted by Crippen LogP contribution is -2.25. The molecule has 0 spiro atoms. The van der Waals surface area contributed by atoms with Crippen molar-refractivity contribution in [3.63, 3.8) is 0 Å². The molecule has 0 saturated carbocycles. The zero-order valence-corrected chi connectivity index (χ0v) is 11.2. The normalized spacial score (nSPS) is 14.0. The zero-order chi connectivity index (χ0) is 12.7. The van der Waals surface area contributed by atoms with E-state index in [1.165, 1.54) is 5.56 Å². The van der Waals surface area contributed by atoms with Crippen molar-refractivity contribution in [3.05, 3.63) is 34.9 Å². The van der Waals surface area contributed by atoms with Crippen LogP contribution in [0.2, 0.25) is 5.02 Å². The van der Waals surface area contributed by atoms with E-state index >= 15 is 0 Å². The molecule has 0 amide bonds. The van der Waals surface area contributed by atoms with Crippen LogP contribution in [0, 0.1) is 17.2 Å². The minimum absolute atomic E-state index is 0.0432. The summed E-state index contributed by atoms with van der Waals surface area (Å²) < 4.78 is 0. The van der Waals surface area contributed by atoms with Crippen molar-refractivity contribution in [3.8, 4) is 6.07 Å². The van der Waals surface area contributed by atoms with Gasteiger partial charge in [-0.2, -0.15) is 5.26 Å². The van der Waals surface area contributed by atoms with Crippen LogP contribution in [-0.4, -0.2) is 6.54 Å². The first kappa shape index (κ1) is 14.0. The molecule has 0 aliphatic rings. The van der Waals surface area contributed by atoms with Crippen LogP contribution in [0.25, 0.3) is 0 Å². The molecule has 2 atom stereocenters. The van der Waals surface area contributed by atoms with Gasteiger partial charge in [-0.15, -0.1) is 0 Å². The first-order valence-corrected chi connectivity index (χ1v) is 6.43. The van der Waals surface area contributed by atoms with Gasteiger partial charge in [-0.05, 0) is 31.0 Å².